The summed E-state index contributed by atoms with van der Waals surface area (Å²) in [6, 6.07) is 14.0. The molecule has 0 spiro atoms. The lowest BCUT2D eigenvalue weighted by Crippen LogP contribution is -2.22. The van der Waals surface area contributed by atoms with E-state index >= 15 is 0 Å². The molecule has 0 saturated heterocycles. The van der Waals surface area contributed by atoms with Gasteiger partial charge in [0.15, 0.2) is 0 Å². The summed E-state index contributed by atoms with van der Waals surface area (Å²) in [6.07, 6.45) is 2.75. The van der Waals surface area contributed by atoms with Crippen molar-refractivity contribution in [2.75, 3.05) is 31.3 Å². The summed E-state index contributed by atoms with van der Waals surface area (Å²) in [7, 11) is 3.32. The highest BCUT2D eigenvalue weighted by Gasteiger charge is 2.19. The Hall–Kier alpha value is -4.02. The van der Waals surface area contributed by atoms with Gasteiger partial charge in [-0.05, 0) is 23.8 Å². The van der Waals surface area contributed by atoms with E-state index < -0.39 is 6.04 Å². The Labute approximate surface area is 200 Å². The molecule has 1 amide bonds. The summed E-state index contributed by atoms with van der Waals surface area (Å²) < 4.78 is 5.33. The summed E-state index contributed by atoms with van der Waals surface area (Å²) in [4.78, 5) is 22.6. The first-order valence-electron chi connectivity index (χ1n) is 10.3. The largest absolute Gasteiger partial charge is 0.423 e. The van der Waals surface area contributed by atoms with Crippen LogP contribution in [0.25, 0.3) is 11.5 Å². The summed E-state index contributed by atoms with van der Waals surface area (Å²) >= 11 is 6.32. The number of carbonyl (C=O) groups is 1. The highest BCUT2D eigenvalue weighted by molar-refractivity contribution is 6.34. The Bertz CT molecular complexity index is 1270. The van der Waals surface area contributed by atoms with E-state index in [0.29, 0.717) is 27.7 Å². The van der Waals surface area contributed by atoms with Crippen LogP contribution in [0.1, 0.15) is 22.0 Å². The summed E-state index contributed by atoms with van der Waals surface area (Å²) in [5, 5.41) is 24.3. The van der Waals surface area contributed by atoms with Crippen molar-refractivity contribution in [2.24, 2.45) is 0 Å². The molecule has 0 unspecified atom stereocenters. The van der Waals surface area contributed by atoms with Crippen LogP contribution >= 0.6 is 11.6 Å². The molecular formula is C23H22ClN7O3. The van der Waals surface area contributed by atoms with Crippen LogP contribution in [0.2, 0.25) is 5.02 Å². The van der Waals surface area contributed by atoms with E-state index in [1.807, 2.05) is 30.3 Å². The number of aliphatic hydroxyl groups excluding tert-OH is 1. The van der Waals surface area contributed by atoms with E-state index in [1.54, 1.807) is 32.3 Å². The van der Waals surface area contributed by atoms with Crippen LogP contribution in [0.15, 0.2) is 65.5 Å². The maximum atomic E-state index is 12.2. The molecular weight excluding hydrogens is 458 g/mol. The predicted molar refractivity (Wildman–Crippen MR) is 128 cm³/mol. The SMILES string of the molecule is CN(C)C(=O)c1ccc(Nc2ncc(-c3nnco3)c(N[C@H](CO)c3ccccc3)n2)cc1Cl. The summed E-state index contributed by atoms with van der Waals surface area (Å²) in [5.74, 6) is 0.681. The average Bonchev–Trinajstić information content (AvgIpc) is 3.37. The molecule has 0 aliphatic heterocycles. The normalized spacial score (nSPS) is 11.6. The van der Waals surface area contributed by atoms with Crippen molar-refractivity contribution < 1.29 is 14.3 Å². The first-order chi connectivity index (χ1) is 16.5. The number of hydrogen-bond donors (Lipinski definition) is 3. The summed E-state index contributed by atoms with van der Waals surface area (Å²) in [6.45, 7) is -0.170. The van der Waals surface area contributed by atoms with Gasteiger partial charge in [0.05, 0.1) is 28.8 Å². The highest BCUT2D eigenvalue weighted by atomic mass is 35.5. The smallest absolute Gasteiger partial charge is 0.254 e. The minimum Gasteiger partial charge on any atom is -0.423 e. The van der Waals surface area contributed by atoms with Gasteiger partial charge in [-0.3, -0.25) is 4.79 Å². The maximum absolute atomic E-state index is 12.2. The van der Waals surface area contributed by atoms with Crippen LogP contribution in [-0.2, 0) is 0 Å². The van der Waals surface area contributed by atoms with Gasteiger partial charge in [-0.2, -0.15) is 4.98 Å². The number of carbonyl (C=O) groups excluding carboxylic acids is 1. The number of nitrogens with zero attached hydrogens (tertiary/aromatic N) is 5. The summed E-state index contributed by atoms with van der Waals surface area (Å²) in [5.41, 5.74) is 2.34. The number of aromatic nitrogens is 4. The third kappa shape index (κ3) is 5.13. The zero-order valence-electron chi connectivity index (χ0n) is 18.4. The molecule has 0 radical (unpaired) electrons. The molecule has 10 nitrogen and oxygen atoms in total. The Balaban J connectivity index is 1.65. The number of aliphatic hydroxyl groups is 1. The molecule has 11 heteroatoms. The number of halogens is 1. The molecule has 4 rings (SSSR count). The van der Waals surface area contributed by atoms with Gasteiger partial charge in [-0.15, -0.1) is 10.2 Å². The standard InChI is InChI=1S/C23H22ClN7O3/c1-31(2)22(33)16-9-8-15(10-18(16)24)27-23-25-11-17(21-30-26-13-34-21)20(29-23)28-19(12-32)14-6-4-3-5-7-14/h3-11,13,19,32H,12H2,1-2H3,(H2,25,27,28,29)/t19-/m1/s1. The van der Waals surface area contributed by atoms with Crippen molar-refractivity contribution in [3.8, 4) is 11.5 Å². The monoisotopic (exact) mass is 479 g/mol. The maximum Gasteiger partial charge on any atom is 0.254 e. The van der Waals surface area contributed by atoms with E-state index in [9.17, 15) is 9.90 Å². The molecule has 174 valence electrons. The van der Waals surface area contributed by atoms with Crippen molar-refractivity contribution in [1.82, 2.24) is 25.1 Å². The Morgan fingerprint density at radius 1 is 1.21 bits per heavy atom. The average molecular weight is 480 g/mol. The first-order valence-corrected chi connectivity index (χ1v) is 10.7. The molecule has 1 atom stereocenters. The lowest BCUT2D eigenvalue weighted by Gasteiger charge is -2.19. The molecule has 4 aromatic rings. The molecule has 3 N–H and O–H groups in total. The van der Waals surface area contributed by atoms with E-state index in [2.05, 4.69) is 30.8 Å². The second kappa shape index (κ2) is 10.3. The van der Waals surface area contributed by atoms with Gasteiger partial charge < -0.3 is 25.1 Å². The Morgan fingerprint density at radius 2 is 2.00 bits per heavy atom. The number of nitrogens with one attached hydrogen (secondary N) is 2. The van der Waals surface area contributed by atoms with E-state index in [4.69, 9.17) is 16.0 Å². The molecule has 0 bridgehead atoms. The molecule has 0 aliphatic rings. The van der Waals surface area contributed by atoms with Crippen LogP contribution in [-0.4, -0.2) is 56.8 Å². The number of amides is 1. The van der Waals surface area contributed by atoms with E-state index in [-0.39, 0.29) is 24.4 Å². The van der Waals surface area contributed by atoms with E-state index in [1.165, 1.54) is 17.5 Å². The fraction of sp³-hybridized carbons (Fsp3) is 0.174. The van der Waals surface area contributed by atoms with Crippen LogP contribution in [0, 0.1) is 0 Å². The topological polar surface area (TPSA) is 129 Å². The van der Waals surface area contributed by atoms with Gasteiger partial charge >= 0.3 is 0 Å². The van der Waals surface area contributed by atoms with Crippen molar-refractivity contribution in [3.63, 3.8) is 0 Å². The van der Waals surface area contributed by atoms with E-state index in [0.717, 1.165) is 5.56 Å². The Morgan fingerprint density at radius 3 is 2.65 bits per heavy atom. The molecule has 0 saturated carbocycles. The van der Waals surface area contributed by atoms with Crippen LogP contribution in [0.4, 0.5) is 17.5 Å². The number of hydrogen-bond acceptors (Lipinski definition) is 9. The van der Waals surface area contributed by atoms with Crippen LogP contribution < -0.4 is 10.6 Å². The van der Waals surface area contributed by atoms with Crippen LogP contribution in [0.5, 0.6) is 0 Å². The number of benzene rings is 2. The fourth-order valence-electron chi connectivity index (χ4n) is 3.22. The molecule has 2 heterocycles. The minimum absolute atomic E-state index is 0.170. The van der Waals surface area contributed by atoms with Gasteiger partial charge in [0.1, 0.15) is 5.82 Å². The van der Waals surface area contributed by atoms with Gasteiger partial charge in [-0.1, -0.05) is 41.9 Å². The fourth-order valence-corrected chi connectivity index (χ4v) is 3.48. The molecule has 2 aromatic carbocycles. The van der Waals surface area contributed by atoms with Crippen molar-refractivity contribution in [2.45, 2.75) is 6.04 Å². The van der Waals surface area contributed by atoms with Gasteiger partial charge in [0.25, 0.3) is 11.8 Å². The number of anilines is 3. The molecule has 34 heavy (non-hydrogen) atoms. The van der Waals surface area contributed by atoms with Crippen molar-refractivity contribution >= 4 is 35.0 Å². The zero-order valence-corrected chi connectivity index (χ0v) is 19.2. The molecule has 2 aromatic heterocycles. The molecule has 0 fully saturated rings. The first kappa shape index (κ1) is 23.1. The third-order valence-electron chi connectivity index (χ3n) is 4.94. The lowest BCUT2D eigenvalue weighted by atomic mass is 10.1. The highest BCUT2D eigenvalue weighted by Crippen LogP contribution is 2.30. The second-order valence-electron chi connectivity index (χ2n) is 7.51. The lowest BCUT2D eigenvalue weighted by molar-refractivity contribution is 0.0828. The number of rotatable bonds is 8. The van der Waals surface area contributed by atoms with Crippen molar-refractivity contribution in [1.29, 1.82) is 0 Å². The van der Waals surface area contributed by atoms with Crippen molar-refractivity contribution in [3.05, 3.63) is 77.3 Å². The zero-order chi connectivity index (χ0) is 24.1. The van der Waals surface area contributed by atoms with Gasteiger partial charge in [0, 0.05) is 26.0 Å². The molecule has 0 aliphatic carbocycles. The third-order valence-corrected chi connectivity index (χ3v) is 5.25. The minimum atomic E-state index is -0.434. The second-order valence-corrected chi connectivity index (χ2v) is 7.92. The quantitative estimate of drug-likeness (QED) is 0.345. The predicted octanol–water partition coefficient (Wildman–Crippen LogP) is 3.77. The van der Waals surface area contributed by atoms with Gasteiger partial charge in [0.2, 0.25) is 12.3 Å². The Kier molecular flexibility index (Phi) is 7.00. The van der Waals surface area contributed by atoms with Crippen LogP contribution in [0.3, 0.4) is 0 Å². The van der Waals surface area contributed by atoms with Gasteiger partial charge in [-0.25, -0.2) is 4.98 Å².